The maximum absolute atomic E-state index is 8.41. The lowest BCUT2D eigenvalue weighted by atomic mass is 10.2. The molecule has 0 aliphatic rings. The highest BCUT2D eigenvalue weighted by Crippen LogP contribution is 2.17. The van der Waals surface area contributed by atoms with Crippen LogP contribution in [0.5, 0.6) is 0 Å². The number of nitrogens with two attached hydrogens (primary N) is 1. The van der Waals surface area contributed by atoms with Crippen LogP contribution in [0.2, 0.25) is 0 Å². The van der Waals surface area contributed by atoms with E-state index in [0.717, 1.165) is 17.1 Å². The van der Waals surface area contributed by atoms with Gasteiger partial charge in [0.15, 0.2) is 0 Å². The van der Waals surface area contributed by atoms with E-state index in [0.29, 0.717) is 6.42 Å². The van der Waals surface area contributed by atoms with Crippen molar-refractivity contribution in [2.45, 2.75) is 25.8 Å². The number of hydrogen-bond donors (Lipinski definition) is 1. The van der Waals surface area contributed by atoms with Gasteiger partial charge < -0.3 is 5.73 Å². The lowest BCUT2D eigenvalue weighted by molar-refractivity contribution is 0.678. The Morgan fingerprint density at radius 1 is 1.83 bits per heavy atom. The molecule has 3 nitrogen and oxygen atoms in total. The highest BCUT2D eigenvalue weighted by Gasteiger charge is 2.07. The first-order valence-corrected chi connectivity index (χ1v) is 4.72. The van der Waals surface area contributed by atoms with Crippen LogP contribution in [-0.4, -0.2) is 4.98 Å². The Kier molecular flexibility index (Phi) is 3.20. The zero-order chi connectivity index (χ0) is 8.97. The SMILES string of the molecule is CCC(N)c1csc(CC#N)n1. The van der Waals surface area contributed by atoms with Crippen molar-refractivity contribution < 1.29 is 0 Å². The third kappa shape index (κ3) is 2.03. The van der Waals surface area contributed by atoms with Crippen molar-refractivity contribution in [1.82, 2.24) is 4.98 Å². The van der Waals surface area contributed by atoms with Gasteiger partial charge in [0.1, 0.15) is 5.01 Å². The largest absolute Gasteiger partial charge is 0.323 e. The molecule has 0 fully saturated rings. The zero-order valence-electron chi connectivity index (χ0n) is 6.95. The van der Waals surface area contributed by atoms with Crippen molar-refractivity contribution >= 4 is 11.3 Å². The molecule has 0 aliphatic heterocycles. The summed E-state index contributed by atoms with van der Waals surface area (Å²) in [6, 6.07) is 2.08. The molecule has 64 valence electrons. The van der Waals surface area contributed by atoms with Crippen LogP contribution in [0.15, 0.2) is 5.38 Å². The molecule has 0 bridgehead atoms. The first kappa shape index (κ1) is 9.17. The average Bonchev–Trinajstić information content (AvgIpc) is 2.52. The molecule has 0 amide bonds. The average molecular weight is 181 g/mol. The van der Waals surface area contributed by atoms with E-state index in [1.807, 2.05) is 12.3 Å². The summed E-state index contributed by atoms with van der Waals surface area (Å²) in [5.74, 6) is 0. The summed E-state index contributed by atoms with van der Waals surface area (Å²) in [7, 11) is 0. The van der Waals surface area contributed by atoms with E-state index in [4.69, 9.17) is 11.0 Å². The fraction of sp³-hybridized carbons (Fsp3) is 0.500. The lowest BCUT2D eigenvalue weighted by Gasteiger charge is -2.02. The van der Waals surface area contributed by atoms with Crippen molar-refractivity contribution in [3.63, 3.8) is 0 Å². The monoisotopic (exact) mass is 181 g/mol. The van der Waals surface area contributed by atoms with Crippen molar-refractivity contribution in [2.24, 2.45) is 5.73 Å². The molecule has 2 N–H and O–H groups in total. The number of rotatable bonds is 3. The van der Waals surface area contributed by atoms with E-state index in [1.165, 1.54) is 11.3 Å². The molecule has 4 heteroatoms. The molecule has 0 aliphatic carbocycles. The summed E-state index contributed by atoms with van der Waals surface area (Å²) in [4.78, 5) is 4.24. The van der Waals surface area contributed by atoms with Crippen LogP contribution in [0.3, 0.4) is 0 Å². The van der Waals surface area contributed by atoms with Gasteiger partial charge in [0, 0.05) is 11.4 Å². The van der Waals surface area contributed by atoms with Crippen LogP contribution in [0.4, 0.5) is 0 Å². The number of aromatic nitrogens is 1. The number of thiazole rings is 1. The molecule has 1 aromatic heterocycles. The minimum Gasteiger partial charge on any atom is -0.323 e. The molecule has 0 radical (unpaired) electrons. The number of hydrogen-bond acceptors (Lipinski definition) is 4. The topological polar surface area (TPSA) is 62.7 Å². The second-order valence-corrected chi connectivity index (χ2v) is 3.46. The Morgan fingerprint density at radius 3 is 3.17 bits per heavy atom. The molecule has 1 unspecified atom stereocenters. The molecule has 0 aromatic carbocycles. The Hall–Kier alpha value is -0.920. The Bertz CT molecular complexity index is 287. The third-order valence-corrected chi connectivity index (χ3v) is 2.49. The maximum atomic E-state index is 8.41. The van der Waals surface area contributed by atoms with E-state index in [2.05, 4.69) is 11.1 Å². The minimum atomic E-state index is 0.0219. The molecule has 12 heavy (non-hydrogen) atoms. The van der Waals surface area contributed by atoms with Gasteiger partial charge in [-0.1, -0.05) is 6.92 Å². The molecule has 1 atom stereocenters. The Balaban J connectivity index is 2.71. The second kappa shape index (κ2) is 4.19. The summed E-state index contributed by atoms with van der Waals surface area (Å²) >= 11 is 1.50. The van der Waals surface area contributed by atoms with Crippen molar-refractivity contribution in [3.05, 3.63) is 16.1 Å². The second-order valence-electron chi connectivity index (χ2n) is 2.52. The smallest absolute Gasteiger partial charge is 0.107 e. The van der Waals surface area contributed by atoms with Crippen LogP contribution in [0.1, 0.15) is 30.1 Å². The van der Waals surface area contributed by atoms with Gasteiger partial charge in [-0.3, -0.25) is 0 Å². The van der Waals surface area contributed by atoms with Crippen LogP contribution in [0.25, 0.3) is 0 Å². The molecule has 0 spiro atoms. The first-order chi connectivity index (χ1) is 5.77. The van der Waals surface area contributed by atoms with E-state index in [1.54, 1.807) is 0 Å². The van der Waals surface area contributed by atoms with E-state index >= 15 is 0 Å². The van der Waals surface area contributed by atoms with Gasteiger partial charge in [0.2, 0.25) is 0 Å². The van der Waals surface area contributed by atoms with Crippen LogP contribution in [0, 0.1) is 11.3 Å². The predicted molar refractivity (Wildman–Crippen MR) is 48.7 cm³/mol. The van der Waals surface area contributed by atoms with Crippen molar-refractivity contribution in [1.29, 1.82) is 5.26 Å². The molecule has 0 saturated heterocycles. The maximum Gasteiger partial charge on any atom is 0.107 e. The summed E-state index contributed by atoms with van der Waals surface area (Å²) in [5, 5.41) is 11.2. The van der Waals surface area contributed by atoms with Crippen LogP contribution >= 0.6 is 11.3 Å². The van der Waals surface area contributed by atoms with Gasteiger partial charge in [0.25, 0.3) is 0 Å². The van der Waals surface area contributed by atoms with Gasteiger partial charge in [-0.25, -0.2) is 4.98 Å². The highest BCUT2D eigenvalue weighted by molar-refractivity contribution is 7.09. The minimum absolute atomic E-state index is 0.0219. The molecule has 1 aromatic rings. The molecular formula is C8H11N3S. The fourth-order valence-corrected chi connectivity index (χ4v) is 1.64. The molecule has 1 heterocycles. The lowest BCUT2D eigenvalue weighted by Crippen LogP contribution is -2.08. The molecule has 1 rings (SSSR count). The number of nitriles is 1. The van der Waals surface area contributed by atoms with Gasteiger partial charge in [-0.15, -0.1) is 11.3 Å². The van der Waals surface area contributed by atoms with E-state index < -0.39 is 0 Å². The summed E-state index contributed by atoms with van der Waals surface area (Å²) in [6.45, 7) is 2.02. The Labute approximate surface area is 75.8 Å². The van der Waals surface area contributed by atoms with Crippen LogP contribution in [-0.2, 0) is 6.42 Å². The van der Waals surface area contributed by atoms with Gasteiger partial charge in [0.05, 0.1) is 18.2 Å². The van der Waals surface area contributed by atoms with Crippen LogP contribution < -0.4 is 5.73 Å². The zero-order valence-corrected chi connectivity index (χ0v) is 7.77. The van der Waals surface area contributed by atoms with Gasteiger partial charge >= 0.3 is 0 Å². The van der Waals surface area contributed by atoms with Crippen molar-refractivity contribution in [3.8, 4) is 6.07 Å². The molecular weight excluding hydrogens is 170 g/mol. The Morgan fingerprint density at radius 2 is 2.58 bits per heavy atom. The van der Waals surface area contributed by atoms with Gasteiger partial charge in [-0.05, 0) is 6.42 Å². The normalized spacial score (nSPS) is 12.4. The fourth-order valence-electron chi connectivity index (χ4n) is 0.853. The summed E-state index contributed by atoms with van der Waals surface area (Å²) in [5.41, 5.74) is 6.67. The molecule has 0 saturated carbocycles. The van der Waals surface area contributed by atoms with E-state index in [9.17, 15) is 0 Å². The predicted octanol–water partition coefficient (Wildman–Crippen LogP) is 1.62. The first-order valence-electron chi connectivity index (χ1n) is 3.84. The summed E-state index contributed by atoms with van der Waals surface area (Å²) < 4.78 is 0. The quantitative estimate of drug-likeness (QED) is 0.770. The highest BCUT2D eigenvalue weighted by atomic mass is 32.1. The van der Waals surface area contributed by atoms with Crippen molar-refractivity contribution in [2.75, 3.05) is 0 Å². The van der Waals surface area contributed by atoms with Gasteiger partial charge in [-0.2, -0.15) is 5.26 Å². The number of nitrogens with zero attached hydrogens (tertiary/aromatic N) is 2. The third-order valence-electron chi connectivity index (χ3n) is 1.62. The van der Waals surface area contributed by atoms with E-state index in [-0.39, 0.29) is 6.04 Å². The summed E-state index contributed by atoms with van der Waals surface area (Å²) in [6.07, 6.45) is 1.27. The standard InChI is InChI=1S/C8H11N3S/c1-2-6(10)7-5-12-8(11-7)3-4-9/h5-6H,2-3,10H2,1H3.